The van der Waals surface area contributed by atoms with Crippen molar-refractivity contribution in [2.45, 2.75) is 75.9 Å². The van der Waals surface area contributed by atoms with E-state index in [1.165, 1.54) is 24.1 Å². The number of hydrogen-bond donors (Lipinski definition) is 1. The third kappa shape index (κ3) is 7.91. The van der Waals surface area contributed by atoms with Gasteiger partial charge >= 0.3 is 0 Å². The summed E-state index contributed by atoms with van der Waals surface area (Å²) in [6.45, 7) is 3.29. The van der Waals surface area contributed by atoms with Gasteiger partial charge in [0, 0.05) is 12.6 Å². The highest BCUT2D eigenvalue weighted by Crippen LogP contribution is 2.33. The molecular weight excluding hydrogens is 578 g/mol. The van der Waals surface area contributed by atoms with Gasteiger partial charge in [-0.05, 0) is 68.1 Å². The van der Waals surface area contributed by atoms with Gasteiger partial charge in [0.1, 0.15) is 24.1 Å². The quantitative estimate of drug-likeness (QED) is 0.272. The molecule has 1 fully saturated rings. The normalized spacial score (nSPS) is 14.4. The van der Waals surface area contributed by atoms with Crippen LogP contribution < -0.4 is 19.1 Å². The van der Waals surface area contributed by atoms with E-state index < -0.39 is 28.5 Å². The lowest BCUT2D eigenvalue weighted by molar-refractivity contribution is -0.140. The Hall–Kier alpha value is -4.05. The van der Waals surface area contributed by atoms with E-state index in [1.807, 2.05) is 32.0 Å². The molecule has 1 saturated carbocycles. The third-order valence-electron chi connectivity index (χ3n) is 8.07. The maximum atomic E-state index is 14.4. The molecule has 3 aromatic carbocycles. The molecule has 0 spiro atoms. The van der Waals surface area contributed by atoms with Crippen molar-refractivity contribution in [3.05, 3.63) is 83.9 Å². The number of nitrogens with one attached hydrogen (secondary N) is 1. The fraction of sp³-hybridized carbons (Fsp3) is 0.412. The van der Waals surface area contributed by atoms with E-state index in [4.69, 9.17) is 9.47 Å². The topological polar surface area (TPSA) is 105 Å². The summed E-state index contributed by atoms with van der Waals surface area (Å²) in [4.78, 5) is 29.6. The van der Waals surface area contributed by atoms with Crippen LogP contribution in [0.5, 0.6) is 11.5 Å². The van der Waals surface area contributed by atoms with Crippen molar-refractivity contribution in [1.82, 2.24) is 10.2 Å². The van der Waals surface area contributed by atoms with Crippen LogP contribution in [0.25, 0.3) is 0 Å². The predicted molar refractivity (Wildman–Crippen MR) is 171 cm³/mol. The standard InChI is InChI=1S/C34H43N3O6S/c1-5-30(34(39)35-27-13-7-6-8-14-27)36(23-26-12-11-15-28(22-26)42-3)33(38)24-37(31-16-9-10-17-32(31)43-4)44(40,41)29-20-18-25(2)19-21-29/h9-12,15-22,27,30H,5-8,13-14,23-24H2,1-4H3,(H,35,39)/t30-/m1/s1. The van der Waals surface area contributed by atoms with Crippen LogP contribution in [0.1, 0.15) is 56.6 Å². The van der Waals surface area contributed by atoms with Gasteiger partial charge in [0.15, 0.2) is 0 Å². The van der Waals surface area contributed by atoms with Crippen LogP contribution >= 0.6 is 0 Å². The molecule has 44 heavy (non-hydrogen) atoms. The number of benzene rings is 3. The maximum Gasteiger partial charge on any atom is 0.264 e. The van der Waals surface area contributed by atoms with E-state index in [0.717, 1.165) is 47.5 Å². The van der Waals surface area contributed by atoms with Crippen LogP contribution in [-0.4, -0.2) is 58.0 Å². The largest absolute Gasteiger partial charge is 0.497 e. The van der Waals surface area contributed by atoms with Gasteiger partial charge in [0.25, 0.3) is 10.0 Å². The smallest absolute Gasteiger partial charge is 0.264 e. The molecule has 3 aromatic rings. The lowest BCUT2D eigenvalue weighted by atomic mass is 9.95. The average Bonchev–Trinajstić information content (AvgIpc) is 3.04. The number of para-hydroxylation sites is 2. The first-order valence-corrected chi connectivity index (χ1v) is 16.6. The van der Waals surface area contributed by atoms with Gasteiger partial charge < -0.3 is 19.7 Å². The van der Waals surface area contributed by atoms with Crippen LogP contribution in [0.15, 0.2) is 77.7 Å². The molecule has 1 aliphatic carbocycles. The number of nitrogens with zero attached hydrogens (tertiary/aromatic N) is 2. The minimum absolute atomic E-state index is 0.0447. The van der Waals surface area contributed by atoms with Crippen LogP contribution in [0.4, 0.5) is 5.69 Å². The summed E-state index contributed by atoms with van der Waals surface area (Å²) in [5.74, 6) is 0.172. The minimum atomic E-state index is -4.21. The molecule has 0 heterocycles. The van der Waals surface area contributed by atoms with Crippen LogP contribution in [0.2, 0.25) is 0 Å². The van der Waals surface area contributed by atoms with Crippen molar-refractivity contribution in [2.75, 3.05) is 25.1 Å². The van der Waals surface area contributed by atoms with Crippen molar-refractivity contribution in [1.29, 1.82) is 0 Å². The van der Waals surface area contributed by atoms with Crippen LogP contribution in [0.3, 0.4) is 0 Å². The second-order valence-corrected chi connectivity index (χ2v) is 13.0. The van der Waals surface area contributed by atoms with Crippen molar-refractivity contribution in [3.63, 3.8) is 0 Å². The van der Waals surface area contributed by atoms with Crippen molar-refractivity contribution < 1.29 is 27.5 Å². The summed E-state index contributed by atoms with van der Waals surface area (Å²) in [6, 6.07) is 19.7. The second-order valence-electron chi connectivity index (χ2n) is 11.1. The van der Waals surface area contributed by atoms with Crippen molar-refractivity contribution in [2.24, 2.45) is 0 Å². The molecule has 0 aliphatic heterocycles. The number of amides is 2. The molecule has 236 valence electrons. The molecule has 4 rings (SSSR count). The molecule has 0 radical (unpaired) electrons. The first kappa shape index (κ1) is 32.9. The van der Waals surface area contributed by atoms with Gasteiger partial charge in [-0.15, -0.1) is 0 Å². The molecule has 2 amide bonds. The number of methoxy groups -OCH3 is 2. The number of anilines is 1. The zero-order valence-electron chi connectivity index (χ0n) is 26.0. The van der Waals surface area contributed by atoms with Gasteiger partial charge in [-0.2, -0.15) is 0 Å². The van der Waals surface area contributed by atoms with E-state index in [-0.39, 0.29) is 29.1 Å². The Morgan fingerprint density at radius 2 is 1.64 bits per heavy atom. The minimum Gasteiger partial charge on any atom is -0.497 e. The Bertz CT molecular complexity index is 1520. The molecule has 10 heteroatoms. The van der Waals surface area contributed by atoms with Gasteiger partial charge in [0.2, 0.25) is 11.8 Å². The summed E-state index contributed by atoms with van der Waals surface area (Å²) in [5, 5.41) is 3.17. The van der Waals surface area contributed by atoms with E-state index in [1.54, 1.807) is 49.6 Å². The lowest BCUT2D eigenvalue weighted by Gasteiger charge is -2.34. The maximum absolute atomic E-state index is 14.4. The Kier molecular flexibility index (Phi) is 11.3. The van der Waals surface area contributed by atoms with Gasteiger partial charge in [-0.3, -0.25) is 13.9 Å². The SMILES string of the molecule is CC[C@H](C(=O)NC1CCCCC1)N(Cc1cccc(OC)c1)C(=O)CN(c1ccccc1OC)S(=O)(=O)c1ccc(C)cc1. The molecule has 1 N–H and O–H groups in total. The summed E-state index contributed by atoms with van der Waals surface area (Å²) < 4.78 is 40.3. The molecule has 0 unspecified atom stereocenters. The van der Waals surface area contributed by atoms with E-state index in [9.17, 15) is 18.0 Å². The zero-order chi connectivity index (χ0) is 31.7. The Labute approximate surface area is 261 Å². The van der Waals surface area contributed by atoms with Crippen LogP contribution in [-0.2, 0) is 26.2 Å². The second kappa shape index (κ2) is 15.1. The molecule has 0 aromatic heterocycles. The van der Waals surface area contributed by atoms with Crippen molar-refractivity contribution in [3.8, 4) is 11.5 Å². The lowest BCUT2D eigenvalue weighted by Crippen LogP contribution is -2.54. The zero-order valence-corrected chi connectivity index (χ0v) is 26.8. The fourth-order valence-electron chi connectivity index (χ4n) is 5.62. The number of aryl methyl sites for hydroxylation is 1. The Morgan fingerprint density at radius 3 is 2.30 bits per heavy atom. The summed E-state index contributed by atoms with van der Waals surface area (Å²) >= 11 is 0. The van der Waals surface area contributed by atoms with E-state index in [0.29, 0.717) is 17.9 Å². The predicted octanol–water partition coefficient (Wildman–Crippen LogP) is 5.46. The molecule has 1 atom stereocenters. The molecule has 9 nitrogen and oxygen atoms in total. The number of carbonyl (C=O) groups is 2. The Balaban J connectivity index is 1.74. The molecule has 0 saturated heterocycles. The third-order valence-corrected chi connectivity index (χ3v) is 9.84. The number of hydrogen-bond acceptors (Lipinski definition) is 6. The van der Waals surface area contributed by atoms with E-state index >= 15 is 0 Å². The highest BCUT2D eigenvalue weighted by Gasteiger charge is 2.35. The summed E-state index contributed by atoms with van der Waals surface area (Å²) in [6.07, 6.45) is 5.43. The Morgan fingerprint density at radius 1 is 0.932 bits per heavy atom. The number of ether oxygens (including phenoxy) is 2. The highest BCUT2D eigenvalue weighted by molar-refractivity contribution is 7.92. The van der Waals surface area contributed by atoms with Gasteiger partial charge in [0.05, 0.1) is 24.8 Å². The molecule has 1 aliphatic rings. The monoisotopic (exact) mass is 621 g/mol. The molecule has 0 bridgehead atoms. The summed E-state index contributed by atoms with van der Waals surface area (Å²) in [7, 11) is -1.19. The van der Waals surface area contributed by atoms with Crippen LogP contribution in [0, 0.1) is 6.92 Å². The average molecular weight is 622 g/mol. The van der Waals surface area contributed by atoms with Gasteiger partial charge in [-0.25, -0.2) is 8.42 Å². The van der Waals surface area contributed by atoms with Crippen molar-refractivity contribution >= 4 is 27.5 Å². The number of rotatable bonds is 13. The summed E-state index contributed by atoms with van der Waals surface area (Å²) in [5.41, 5.74) is 1.89. The first-order chi connectivity index (χ1) is 21.2. The highest BCUT2D eigenvalue weighted by atomic mass is 32.2. The van der Waals surface area contributed by atoms with E-state index in [2.05, 4.69) is 5.32 Å². The first-order valence-electron chi connectivity index (χ1n) is 15.1. The molecular formula is C34H43N3O6S. The number of sulfonamides is 1. The number of carbonyl (C=O) groups excluding carboxylic acids is 2. The fourth-order valence-corrected chi connectivity index (χ4v) is 7.04. The van der Waals surface area contributed by atoms with Gasteiger partial charge in [-0.1, -0.05) is 68.1 Å².